The summed E-state index contributed by atoms with van der Waals surface area (Å²) in [5.41, 5.74) is 2.25. The average molecular weight is 224 g/mol. The second-order valence-electron chi connectivity index (χ2n) is 3.34. The maximum absolute atomic E-state index is 9.88. The molecule has 1 unspecified atom stereocenters. The molecule has 0 fully saturated rings. The van der Waals surface area contributed by atoms with Crippen LogP contribution in [0.2, 0.25) is 0 Å². The van der Waals surface area contributed by atoms with E-state index in [-0.39, 0.29) is 6.10 Å². The Morgan fingerprint density at radius 2 is 2.29 bits per heavy atom. The van der Waals surface area contributed by atoms with E-state index in [4.69, 9.17) is 0 Å². The summed E-state index contributed by atoms with van der Waals surface area (Å²) >= 11 is 3.36. The molecule has 0 spiro atoms. The molecule has 0 aromatic carbocycles. The summed E-state index contributed by atoms with van der Waals surface area (Å²) in [5, 5.41) is 16.0. The van der Waals surface area contributed by atoms with Crippen LogP contribution in [0, 0.1) is 6.92 Å². The average Bonchev–Trinajstić information content (AvgIpc) is 2.75. The van der Waals surface area contributed by atoms with Gasteiger partial charge in [0.25, 0.3) is 0 Å². The van der Waals surface area contributed by atoms with E-state index in [2.05, 4.69) is 18.4 Å². The van der Waals surface area contributed by atoms with E-state index in [0.717, 1.165) is 12.0 Å². The Labute approximate surface area is 91.7 Å². The zero-order chi connectivity index (χ0) is 9.97. The highest BCUT2D eigenvalue weighted by Gasteiger charge is 2.09. The smallest absolute Gasteiger partial charge is 0.0838 e. The second-order valence-corrected chi connectivity index (χ2v) is 5.24. The first-order valence-electron chi connectivity index (χ1n) is 4.50. The highest BCUT2D eigenvalue weighted by Crippen LogP contribution is 2.23. The molecule has 1 nitrogen and oxygen atoms in total. The van der Waals surface area contributed by atoms with Crippen LogP contribution in [0.5, 0.6) is 0 Å². The van der Waals surface area contributed by atoms with Gasteiger partial charge < -0.3 is 5.11 Å². The van der Waals surface area contributed by atoms with Crippen molar-refractivity contribution in [2.75, 3.05) is 0 Å². The predicted molar refractivity (Wildman–Crippen MR) is 62.0 cm³/mol. The fourth-order valence-corrected chi connectivity index (χ4v) is 2.84. The van der Waals surface area contributed by atoms with Crippen LogP contribution >= 0.6 is 22.7 Å². The Balaban J connectivity index is 2.05. The number of thiophene rings is 2. The van der Waals surface area contributed by atoms with Crippen LogP contribution in [0.1, 0.15) is 22.1 Å². The van der Waals surface area contributed by atoms with Crippen LogP contribution in [0.15, 0.2) is 28.3 Å². The van der Waals surface area contributed by atoms with E-state index < -0.39 is 0 Å². The van der Waals surface area contributed by atoms with Gasteiger partial charge in [0.05, 0.1) is 6.10 Å². The van der Waals surface area contributed by atoms with Crippen LogP contribution < -0.4 is 0 Å². The van der Waals surface area contributed by atoms with Gasteiger partial charge in [-0.2, -0.15) is 11.3 Å². The lowest BCUT2D eigenvalue weighted by Gasteiger charge is -2.06. The molecular weight excluding hydrogens is 212 g/mol. The monoisotopic (exact) mass is 224 g/mol. The van der Waals surface area contributed by atoms with Gasteiger partial charge in [-0.1, -0.05) is 0 Å². The van der Waals surface area contributed by atoms with Crippen molar-refractivity contribution >= 4 is 22.7 Å². The fraction of sp³-hybridized carbons (Fsp3) is 0.273. The summed E-state index contributed by atoms with van der Waals surface area (Å²) in [5.74, 6) is 0. The van der Waals surface area contributed by atoms with Crippen LogP contribution in [-0.4, -0.2) is 5.11 Å². The number of hydrogen-bond acceptors (Lipinski definition) is 3. The number of hydrogen-bond donors (Lipinski definition) is 1. The first-order chi connectivity index (χ1) is 6.75. The maximum Gasteiger partial charge on any atom is 0.0838 e. The topological polar surface area (TPSA) is 20.2 Å². The molecule has 2 rings (SSSR count). The number of aliphatic hydroxyl groups is 1. The van der Waals surface area contributed by atoms with E-state index in [1.165, 1.54) is 10.4 Å². The van der Waals surface area contributed by atoms with Gasteiger partial charge in [-0.05, 0) is 46.3 Å². The van der Waals surface area contributed by atoms with E-state index in [1.807, 2.05) is 16.8 Å². The van der Waals surface area contributed by atoms with Gasteiger partial charge in [-0.25, -0.2) is 0 Å². The molecule has 2 aromatic heterocycles. The molecule has 0 aliphatic carbocycles. The lowest BCUT2D eigenvalue weighted by Crippen LogP contribution is -1.98. The van der Waals surface area contributed by atoms with Crippen molar-refractivity contribution in [2.24, 2.45) is 0 Å². The molecule has 14 heavy (non-hydrogen) atoms. The maximum atomic E-state index is 9.88. The normalized spacial score (nSPS) is 13.0. The molecule has 74 valence electrons. The van der Waals surface area contributed by atoms with E-state index in [0.29, 0.717) is 0 Å². The highest BCUT2D eigenvalue weighted by molar-refractivity contribution is 7.10. The van der Waals surface area contributed by atoms with E-state index >= 15 is 0 Å². The largest absolute Gasteiger partial charge is 0.388 e. The minimum Gasteiger partial charge on any atom is -0.388 e. The molecule has 0 bridgehead atoms. The molecule has 0 radical (unpaired) electrons. The summed E-state index contributed by atoms with van der Waals surface area (Å²) in [4.78, 5) is 1.30. The fourth-order valence-electron chi connectivity index (χ4n) is 1.41. The van der Waals surface area contributed by atoms with Crippen molar-refractivity contribution in [3.8, 4) is 0 Å². The Morgan fingerprint density at radius 1 is 1.43 bits per heavy atom. The minimum absolute atomic E-state index is 0.352. The van der Waals surface area contributed by atoms with Crippen molar-refractivity contribution in [3.63, 3.8) is 0 Å². The molecule has 2 aromatic rings. The summed E-state index contributed by atoms with van der Waals surface area (Å²) in [6, 6.07) is 4.12. The SMILES string of the molecule is Cc1cc(CC(O)c2ccsc2)cs1. The second kappa shape index (κ2) is 4.26. The Morgan fingerprint density at radius 3 is 2.86 bits per heavy atom. The van der Waals surface area contributed by atoms with Gasteiger partial charge in [-0.15, -0.1) is 11.3 Å². The third-order valence-electron chi connectivity index (χ3n) is 2.14. The summed E-state index contributed by atoms with van der Waals surface area (Å²) in [6.07, 6.45) is 0.372. The van der Waals surface area contributed by atoms with Crippen LogP contribution in [-0.2, 0) is 6.42 Å². The van der Waals surface area contributed by atoms with Crippen LogP contribution in [0.3, 0.4) is 0 Å². The highest BCUT2D eigenvalue weighted by atomic mass is 32.1. The molecule has 0 aliphatic heterocycles. The first-order valence-corrected chi connectivity index (χ1v) is 6.32. The van der Waals surface area contributed by atoms with Gasteiger partial charge >= 0.3 is 0 Å². The molecule has 3 heteroatoms. The third-order valence-corrected chi connectivity index (χ3v) is 3.75. The summed E-state index contributed by atoms with van der Waals surface area (Å²) in [7, 11) is 0. The summed E-state index contributed by atoms with van der Waals surface area (Å²) in [6.45, 7) is 2.09. The van der Waals surface area contributed by atoms with Gasteiger partial charge in [0.1, 0.15) is 0 Å². The van der Waals surface area contributed by atoms with Gasteiger partial charge in [-0.3, -0.25) is 0 Å². The zero-order valence-electron chi connectivity index (χ0n) is 7.93. The molecule has 0 saturated carbocycles. The Hall–Kier alpha value is -0.640. The minimum atomic E-state index is -0.352. The van der Waals surface area contributed by atoms with E-state index in [9.17, 15) is 5.11 Å². The molecule has 2 heterocycles. The third kappa shape index (κ3) is 2.23. The standard InChI is InChI=1S/C11H12OS2/c1-8-4-9(6-14-8)5-11(12)10-2-3-13-7-10/h2-4,6-7,11-12H,5H2,1H3. The van der Waals surface area contributed by atoms with Gasteiger partial charge in [0.15, 0.2) is 0 Å². The van der Waals surface area contributed by atoms with Crippen molar-refractivity contribution in [1.82, 2.24) is 0 Å². The number of rotatable bonds is 3. The summed E-state index contributed by atoms with van der Waals surface area (Å²) < 4.78 is 0. The molecular formula is C11H12OS2. The van der Waals surface area contributed by atoms with Crippen LogP contribution in [0.25, 0.3) is 0 Å². The molecule has 1 N–H and O–H groups in total. The van der Waals surface area contributed by atoms with E-state index in [1.54, 1.807) is 22.7 Å². The van der Waals surface area contributed by atoms with Crippen molar-refractivity contribution in [1.29, 1.82) is 0 Å². The quantitative estimate of drug-likeness (QED) is 0.847. The molecule has 0 aliphatic rings. The first kappa shape index (κ1) is 9.90. The van der Waals surface area contributed by atoms with Crippen LogP contribution in [0.4, 0.5) is 0 Å². The van der Waals surface area contributed by atoms with Crippen molar-refractivity contribution in [2.45, 2.75) is 19.4 Å². The van der Waals surface area contributed by atoms with Gasteiger partial charge in [0, 0.05) is 11.3 Å². The van der Waals surface area contributed by atoms with Crippen molar-refractivity contribution < 1.29 is 5.11 Å². The Bertz CT molecular complexity index is 389. The zero-order valence-corrected chi connectivity index (χ0v) is 9.57. The van der Waals surface area contributed by atoms with Gasteiger partial charge in [0.2, 0.25) is 0 Å². The molecule has 0 amide bonds. The molecule has 1 atom stereocenters. The Kier molecular flexibility index (Phi) is 3.01. The lowest BCUT2D eigenvalue weighted by molar-refractivity contribution is 0.179. The van der Waals surface area contributed by atoms with Crippen molar-refractivity contribution in [3.05, 3.63) is 44.3 Å². The predicted octanol–water partition coefficient (Wildman–Crippen LogP) is 3.39. The molecule has 0 saturated heterocycles. The number of aryl methyl sites for hydroxylation is 1. The number of aliphatic hydroxyl groups excluding tert-OH is 1. The lowest BCUT2D eigenvalue weighted by atomic mass is 10.1.